The Bertz CT molecular complexity index is 455. The molecule has 2 rings (SSSR count). The molecule has 2 atom stereocenters. The molecule has 1 aliphatic heterocycles. The molecule has 1 heterocycles. The summed E-state index contributed by atoms with van der Waals surface area (Å²) in [4.78, 5) is 12.2. The highest BCUT2D eigenvalue weighted by Gasteiger charge is 2.26. The van der Waals surface area contributed by atoms with Gasteiger partial charge in [0.05, 0.1) is 19.8 Å². The second-order valence-corrected chi connectivity index (χ2v) is 5.62. The Kier molecular flexibility index (Phi) is 5.70. The fourth-order valence-electron chi connectivity index (χ4n) is 2.24. The Labute approximate surface area is 124 Å². The average molecular weight is 295 g/mol. The van der Waals surface area contributed by atoms with Crippen LogP contribution in [-0.2, 0) is 20.7 Å². The van der Waals surface area contributed by atoms with Crippen LogP contribution in [0, 0.1) is 11.7 Å². The highest BCUT2D eigenvalue weighted by molar-refractivity contribution is 5.81. The number of carbonyl (C=O) groups is 1. The van der Waals surface area contributed by atoms with Crippen LogP contribution in [0.2, 0.25) is 0 Å². The molecule has 1 saturated heterocycles. The Morgan fingerprint density at radius 1 is 1.33 bits per heavy atom. The summed E-state index contributed by atoms with van der Waals surface area (Å²) in [5.74, 6) is -0.129. The minimum Gasteiger partial charge on any atom is -0.376 e. The molecule has 5 heteroatoms. The molecule has 1 amide bonds. The molecule has 116 valence electrons. The maximum Gasteiger partial charge on any atom is 0.251 e. The van der Waals surface area contributed by atoms with E-state index >= 15 is 0 Å². The molecule has 0 unspecified atom stereocenters. The van der Waals surface area contributed by atoms with Crippen LogP contribution in [-0.4, -0.2) is 37.9 Å². The Hall–Kier alpha value is -1.46. The standard InChI is InChI=1S/C16H22FNO3/c1-11(2)14(9-12-3-5-13(17)6-4-12)18-16(19)15-10-20-7-8-21-15/h3-6,11,14-15H,7-10H2,1-2H3,(H,18,19)/t14-,15-/m1/s1. The fourth-order valence-corrected chi connectivity index (χ4v) is 2.24. The predicted molar refractivity (Wildman–Crippen MR) is 77.4 cm³/mol. The van der Waals surface area contributed by atoms with Gasteiger partial charge in [-0.1, -0.05) is 26.0 Å². The van der Waals surface area contributed by atoms with Crippen LogP contribution in [0.1, 0.15) is 19.4 Å². The molecule has 21 heavy (non-hydrogen) atoms. The van der Waals surface area contributed by atoms with Crippen LogP contribution in [0.5, 0.6) is 0 Å². The average Bonchev–Trinajstić information content (AvgIpc) is 2.49. The third-order valence-corrected chi connectivity index (χ3v) is 3.61. The van der Waals surface area contributed by atoms with E-state index in [1.165, 1.54) is 12.1 Å². The number of amides is 1. The van der Waals surface area contributed by atoms with Gasteiger partial charge in [0, 0.05) is 6.04 Å². The Balaban J connectivity index is 1.95. The van der Waals surface area contributed by atoms with Crippen molar-refractivity contribution in [2.45, 2.75) is 32.4 Å². The van der Waals surface area contributed by atoms with Crippen LogP contribution in [0.15, 0.2) is 24.3 Å². The topological polar surface area (TPSA) is 47.6 Å². The van der Waals surface area contributed by atoms with E-state index in [0.29, 0.717) is 26.2 Å². The van der Waals surface area contributed by atoms with E-state index < -0.39 is 6.10 Å². The van der Waals surface area contributed by atoms with E-state index in [4.69, 9.17) is 9.47 Å². The van der Waals surface area contributed by atoms with Crippen molar-refractivity contribution >= 4 is 5.91 Å². The van der Waals surface area contributed by atoms with Gasteiger partial charge in [-0.25, -0.2) is 4.39 Å². The van der Waals surface area contributed by atoms with Gasteiger partial charge in [-0.2, -0.15) is 0 Å². The van der Waals surface area contributed by atoms with Crippen LogP contribution in [0.3, 0.4) is 0 Å². The van der Waals surface area contributed by atoms with Gasteiger partial charge in [0.1, 0.15) is 5.82 Å². The van der Waals surface area contributed by atoms with Crippen LogP contribution < -0.4 is 5.32 Å². The lowest BCUT2D eigenvalue weighted by Gasteiger charge is -2.27. The number of hydrogen-bond donors (Lipinski definition) is 1. The van der Waals surface area contributed by atoms with Crippen molar-refractivity contribution in [1.82, 2.24) is 5.32 Å². The van der Waals surface area contributed by atoms with E-state index in [2.05, 4.69) is 5.32 Å². The number of halogens is 1. The number of ether oxygens (including phenoxy) is 2. The summed E-state index contributed by atoms with van der Waals surface area (Å²) in [6, 6.07) is 6.35. The van der Waals surface area contributed by atoms with E-state index in [1.54, 1.807) is 12.1 Å². The first-order valence-corrected chi connectivity index (χ1v) is 7.30. The molecule has 0 aromatic heterocycles. The van der Waals surface area contributed by atoms with Crippen LogP contribution in [0.4, 0.5) is 4.39 Å². The van der Waals surface area contributed by atoms with Gasteiger partial charge < -0.3 is 14.8 Å². The van der Waals surface area contributed by atoms with Crippen LogP contribution in [0.25, 0.3) is 0 Å². The predicted octanol–water partition coefficient (Wildman–Crippen LogP) is 1.92. The zero-order chi connectivity index (χ0) is 15.2. The SMILES string of the molecule is CC(C)[C@@H](Cc1ccc(F)cc1)NC(=O)[C@H]1COCCO1. The third-order valence-electron chi connectivity index (χ3n) is 3.61. The molecule has 0 saturated carbocycles. The monoisotopic (exact) mass is 295 g/mol. The summed E-state index contributed by atoms with van der Waals surface area (Å²) >= 11 is 0. The molecule has 0 spiro atoms. The third kappa shape index (κ3) is 4.79. The molecular formula is C16H22FNO3. The first kappa shape index (κ1) is 15.9. The van der Waals surface area contributed by atoms with Gasteiger partial charge in [-0.3, -0.25) is 4.79 Å². The maximum absolute atomic E-state index is 12.9. The van der Waals surface area contributed by atoms with Crippen molar-refractivity contribution in [3.05, 3.63) is 35.6 Å². The lowest BCUT2D eigenvalue weighted by Crippen LogP contribution is -2.48. The first-order valence-electron chi connectivity index (χ1n) is 7.30. The molecule has 4 nitrogen and oxygen atoms in total. The van der Waals surface area contributed by atoms with Crippen molar-refractivity contribution in [2.24, 2.45) is 5.92 Å². The largest absolute Gasteiger partial charge is 0.376 e. The number of rotatable bonds is 5. The molecule has 1 N–H and O–H groups in total. The van der Waals surface area contributed by atoms with Gasteiger partial charge in [-0.05, 0) is 30.0 Å². The van der Waals surface area contributed by atoms with E-state index in [-0.39, 0.29) is 23.7 Å². The zero-order valence-electron chi connectivity index (χ0n) is 12.5. The van der Waals surface area contributed by atoms with E-state index in [9.17, 15) is 9.18 Å². The Morgan fingerprint density at radius 3 is 2.62 bits per heavy atom. The highest BCUT2D eigenvalue weighted by atomic mass is 19.1. The van der Waals surface area contributed by atoms with Crippen molar-refractivity contribution in [1.29, 1.82) is 0 Å². The summed E-state index contributed by atoms with van der Waals surface area (Å²) in [5, 5.41) is 3.01. The fraction of sp³-hybridized carbons (Fsp3) is 0.562. The highest BCUT2D eigenvalue weighted by Crippen LogP contribution is 2.12. The number of benzene rings is 1. The van der Waals surface area contributed by atoms with Gasteiger partial charge >= 0.3 is 0 Å². The molecule has 1 fully saturated rings. The van der Waals surface area contributed by atoms with Gasteiger partial charge in [0.15, 0.2) is 6.10 Å². The second kappa shape index (κ2) is 7.52. The first-order chi connectivity index (χ1) is 10.1. The molecule has 1 aliphatic rings. The summed E-state index contributed by atoms with van der Waals surface area (Å²) < 4.78 is 23.6. The van der Waals surface area contributed by atoms with Crippen molar-refractivity contribution in [3.63, 3.8) is 0 Å². The second-order valence-electron chi connectivity index (χ2n) is 5.62. The summed E-state index contributed by atoms with van der Waals surface area (Å²) in [6.07, 6.45) is 0.130. The maximum atomic E-state index is 12.9. The molecular weight excluding hydrogens is 273 g/mol. The lowest BCUT2D eigenvalue weighted by atomic mass is 9.96. The van der Waals surface area contributed by atoms with Crippen molar-refractivity contribution in [2.75, 3.05) is 19.8 Å². The van der Waals surface area contributed by atoms with E-state index in [0.717, 1.165) is 5.56 Å². The van der Waals surface area contributed by atoms with E-state index in [1.807, 2.05) is 13.8 Å². The molecule has 0 radical (unpaired) electrons. The number of hydrogen-bond acceptors (Lipinski definition) is 3. The lowest BCUT2D eigenvalue weighted by molar-refractivity contribution is -0.148. The van der Waals surface area contributed by atoms with Crippen LogP contribution >= 0.6 is 0 Å². The minimum atomic E-state index is -0.534. The van der Waals surface area contributed by atoms with Crippen molar-refractivity contribution in [3.8, 4) is 0 Å². The minimum absolute atomic E-state index is 0.0199. The molecule has 1 aromatic carbocycles. The quantitative estimate of drug-likeness (QED) is 0.903. The van der Waals surface area contributed by atoms with Gasteiger partial charge in [0.2, 0.25) is 0 Å². The zero-order valence-corrected chi connectivity index (χ0v) is 12.5. The van der Waals surface area contributed by atoms with Gasteiger partial charge in [-0.15, -0.1) is 0 Å². The smallest absolute Gasteiger partial charge is 0.251 e. The molecule has 1 aromatic rings. The molecule has 0 bridgehead atoms. The van der Waals surface area contributed by atoms with Gasteiger partial charge in [0.25, 0.3) is 5.91 Å². The Morgan fingerprint density at radius 2 is 2.05 bits per heavy atom. The summed E-state index contributed by atoms with van der Waals surface area (Å²) in [6.45, 7) is 5.38. The summed E-state index contributed by atoms with van der Waals surface area (Å²) in [5.41, 5.74) is 0.996. The summed E-state index contributed by atoms with van der Waals surface area (Å²) in [7, 11) is 0. The number of carbonyl (C=O) groups excluding carboxylic acids is 1. The van der Waals surface area contributed by atoms with Crippen molar-refractivity contribution < 1.29 is 18.7 Å². The number of nitrogens with one attached hydrogen (secondary N) is 1. The normalized spacial score (nSPS) is 20.3. The molecule has 0 aliphatic carbocycles.